The van der Waals surface area contributed by atoms with Gasteiger partial charge in [0.15, 0.2) is 0 Å². The number of hydrogen-bond donors (Lipinski definition) is 1. The standard InChI is InChI=1S/C9H17ClN2O2/c10-2-3-11-14-7-1-4-12-5-8-13-9-6-12/h2-3,11H,1,4-9H2. The highest BCUT2D eigenvalue weighted by Gasteiger charge is 2.08. The van der Waals surface area contributed by atoms with E-state index < -0.39 is 0 Å². The number of nitrogens with zero attached hydrogens (tertiary/aromatic N) is 1. The maximum atomic E-state index is 5.29. The van der Waals surface area contributed by atoms with Gasteiger partial charge in [0.25, 0.3) is 0 Å². The van der Waals surface area contributed by atoms with Crippen LogP contribution in [0.5, 0.6) is 0 Å². The predicted molar refractivity (Wildman–Crippen MR) is 56.0 cm³/mol. The molecule has 0 spiro atoms. The van der Waals surface area contributed by atoms with Crippen molar-refractivity contribution in [3.8, 4) is 0 Å². The molecule has 0 aromatic rings. The second-order valence-corrected chi connectivity index (χ2v) is 3.32. The molecule has 14 heavy (non-hydrogen) atoms. The largest absolute Gasteiger partial charge is 0.379 e. The maximum Gasteiger partial charge on any atom is 0.0757 e. The number of rotatable bonds is 6. The van der Waals surface area contributed by atoms with Crippen LogP contribution in [0.4, 0.5) is 0 Å². The van der Waals surface area contributed by atoms with Gasteiger partial charge < -0.3 is 4.74 Å². The van der Waals surface area contributed by atoms with E-state index in [1.165, 1.54) is 5.54 Å². The van der Waals surface area contributed by atoms with Gasteiger partial charge >= 0.3 is 0 Å². The molecule has 0 aromatic heterocycles. The van der Waals surface area contributed by atoms with Gasteiger partial charge in [0.2, 0.25) is 0 Å². The van der Waals surface area contributed by atoms with E-state index in [9.17, 15) is 0 Å². The average Bonchev–Trinajstić information content (AvgIpc) is 2.25. The quantitative estimate of drug-likeness (QED) is 0.534. The summed E-state index contributed by atoms with van der Waals surface area (Å²) in [6.07, 6.45) is 2.57. The third-order valence-electron chi connectivity index (χ3n) is 2.04. The van der Waals surface area contributed by atoms with Crippen LogP contribution in [0.2, 0.25) is 0 Å². The highest BCUT2D eigenvalue weighted by atomic mass is 35.5. The number of hydrogen-bond acceptors (Lipinski definition) is 4. The number of nitrogens with one attached hydrogen (secondary N) is 1. The van der Waals surface area contributed by atoms with Crippen molar-refractivity contribution in [3.63, 3.8) is 0 Å². The molecule has 1 saturated heterocycles. The average molecular weight is 221 g/mol. The molecule has 0 unspecified atom stereocenters. The van der Waals surface area contributed by atoms with Gasteiger partial charge in [-0.25, -0.2) is 0 Å². The normalized spacial score (nSPS) is 18.9. The van der Waals surface area contributed by atoms with Crippen molar-refractivity contribution in [2.24, 2.45) is 0 Å². The van der Waals surface area contributed by atoms with E-state index in [2.05, 4.69) is 10.4 Å². The Balaban J connectivity index is 1.87. The molecule has 1 fully saturated rings. The minimum atomic E-state index is 0.693. The number of morpholine rings is 1. The van der Waals surface area contributed by atoms with Gasteiger partial charge in [-0.1, -0.05) is 11.6 Å². The monoisotopic (exact) mass is 220 g/mol. The fraction of sp³-hybridized carbons (Fsp3) is 0.778. The summed E-state index contributed by atoms with van der Waals surface area (Å²) in [5.41, 5.74) is 3.99. The molecule has 0 amide bonds. The molecule has 1 rings (SSSR count). The van der Waals surface area contributed by atoms with Crippen LogP contribution in [0, 0.1) is 0 Å². The van der Waals surface area contributed by atoms with Crippen LogP contribution in [-0.4, -0.2) is 44.4 Å². The molecular formula is C9H17ClN2O2. The molecule has 0 radical (unpaired) electrons. The fourth-order valence-corrected chi connectivity index (χ4v) is 1.37. The number of hydroxylamine groups is 1. The van der Waals surface area contributed by atoms with Crippen LogP contribution in [0.1, 0.15) is 6.42 Å². The van der Waals surface area contributed by atoms with Gasteiger partial charge in [-0.15, -0.1) is 0 Å². The maximum absolute atomic E-state index is 5.29. The van der Waals surface area contributed by atoms with Crippen molar-refractivity contribution in [2.45, 2.75) is 6.42 Å². The SMILES string of the molecule is ClC=CNOCCCN1CCOCC1. The topological polar surface area (TPSA) is 33.7 Å². The summed E-state index contributed by atoms with van der Waals surface area (Å²) < 4.78 is 5.25. The Kier molecular flexibility index (Phi) is 6.78. The second-order valence-electron chi connectivity index (χ2n) is 3.07. The summed E-state index contributed by atoms with van der Waals surface area (Å²) in [4.78, 5) is 7.47. The highest BCUT2D eigenvalue weighted by Crippen LogP contribution is 1.97. The molecule has 1 aliphatic rings. The zero-order valence-corrected chi connectivity index (χ0v) is 9.00. The Morgan fingerprint density at radius 3 is 2.93 bits per heavy atom. The molecular weight excluding hydrogens is 204 g/mol. The van der Waals surface area contributed by atoms with Crippen LogP contribution in [0.25, 0.3) is 0 Å². The molecule has 0 aromatic carbocycles. The third kappa shape index (κ3) is 5.44. The molecule has 82 valence electrons. The van der Waals surface area contributed by atoms with E-state index in [-0.39, 0.29) is 0 Å². The van der Waals surface area contributed by atoms with Gasteiger partial charge in [0.1, 0.15) is 0 Å². The lowest BCUT2D eigenvalue weighted by Crippen LogP contribution is -2.37. The highest BCUT2D eigenvalue weighted by molar-refractivity contribution is 6.25. The van der Waals surface area contributed by atoms with Crippen LogP contribution in [-0.2, 0) is 9.57 Å². The Morgan fingerprint density at radius 2 is 2.21 bits per heavy atom. The number of halogens is 1. The van der Waals surface area contributed by atoms with Gasteiger partial charge in [-0.3, -0.25) is 15.2 Å². The summed E-state index contributed by atoms with van der Waals surface area (Å²) in [6.45, 7) is 5.54. The van der Waals surface area contributed by atoms with Crippen molar-refractivity contribution in [2.75, 3.05) is 39.5 Å². The van der Waals surface area contributed by atoms with E-state index in [0.717, 1.165) is 39.3 Å². The molecule has 0 saturated carbocycles. The molecule has 1 N–H and O–H groups in total. The molecule has 0 aliphatic carbocycles. The third-order valence-corrected chi connectivity index (χ3v) is 2.16. The Morgan fingerprint density at radius 1 is 1.43 bits per heavy atom. The van der Waals surface area contributed by atoms with Crippen molar-refractivity contribution in [1.29, 1.82) is 0 Å². The molecule has 0 bridgehead atoms. The Hall–Kier alpha value is -0.290. The van der Waals surface area contributed by atoms with E-state index in [1.807, 2.05) is 0 Å². The first-order valence-corrected chi connectivity index (χ1v) is 5.30. The van der Waals surface area contributed by atoms with Crippen molar-refractivity contribution in [3.05, 3.63) is 11.7 Å². The first-order valence-electron chi connectivity index (χ1n) is 4.86. The van der Waals surface area contributed by atoms with Gasteiger partial charge in [0, 0.05) is 31.4 Å². The molecule has 4 nitrogen and oxygen atoms in total. The summed E-state index contributed by atoms with van der Waals surface area (Å²) in [5.74, 6) is 0. The lowest BCUT2D eigenvalue weighted by atomic mass is 10.3. The molecule has 0 atom stereocenters. The summed E-state index contributed by atoms with van der Waals surface area (Å²) in [5, 5.41) is 0. The zero-order chi connectivity index (χ0) is 10.1. The van der Waals surface area contributed by atoms with E-state index in [4.69, 9.17) is 21.2 Å². The van der Waals surface area contributed by atoms with Gasteiger partial charge in [0.05, 0.1) is 19.8 Å². The van der Waals surface area contributed by atoms with Crippen LogP contribution < -0.4 is 5.48 Å². The molecule has 1 aliphatic heterocycles. The fourth-order valence-electron chi connectivity index (χ4n) is 1.32. The number of ether oxygens (including phenoxy) is 1. The Labute approximate surface area is 89.8 Å². The Bertz CT molecular complexity index is 161. The van der Waals surface area contributed by atoms with Gasteiger partial charge in [-0.05, 0) is 6.42 Å². The van der Waals surface area contributed by atoms with Crippen molar-refractivity contribution < 1.29 is 9.57 Å². The smallest absolute Gasteiger partial charge is 0.0757 e. The lowest BCUT2D eigenvalue weighted by Gasteiger charge is -2.26. The minimum absolute atomic E-state index is 0.693. The lowest BCUT2D eigenvalue weighted by molar-refractivity contribution is 0.0248. The van der Waals surface area contributed by atoms with Crippen molar-refractivity contribution in [1.82, 2.24) is 10.4 Å². The molecule has 1 heterocycles. The van der Waals surface area contributed by atoms with Crippen LogP contribution in [0.15, 0.2) is 11.7 Å². The molecule has 5 heteroatoms. The van der Waals surface area contributed by atoms with Gasteiger partial charge in [-0.2, -0.15) is 0 Å². The zero-order valence-electron chi connectivity index (χ0n) is 8.25. The second kappa shape index (κ2) is 8.05. The van der Waals surface area contributed by atoms with E-state index >= 15 is 0 Å². The van der Waals surface area contributed by atoms with Crippen molar-refractivity contribution >= 4 is 11.6 Å². The van der Waals surface area contributed by atoms with E-state index in [1.54, 1.807) is 6.20 Å². The first-order chi connectivity index (χ1) is 6.93. The summed E-state index contributed by atoms with van der Waals surface area (Å²) >= 11 is 5.29. The van der Waals surface area contributed by atoms with E-state index in [0.29, 0.717) is 6.61 Å². The minimum Gasteiger partial charge on any atom is -0.379 e. The summed E-state index contributed by atoms with van der Waals surface area (Å²) in [6, 6.07) is 0. The summed E-state index contributed by atoms with van der Waals surface area (Å²) in [7, 11) is 0. The first kappa shape index (κ1) is 11.8. The van der Waals surface area contributed by atoms with Crippen LogP contribution >= 0.6 is 11.6 Å². The van der Waals surface area contributed by atoms with Crippen LogP contribution in [0.3, 0.4) is 0 Å². The predicted octanol–water partition coefficient (Wildman–Crippen LogP) is 0.940.